The average Bonchev–Trinajstić information content (AvgIpc) is 2.37. The number of hydrogen-bond donors (Lipinski definition) is 1. The molecule has 0 amide bonds. The number of nitro groups is 1. The van der Waals surface area contributed by atoms with Gasteiger partial charge in [0, 0.05) is 29.6 Å². The van der Waals surface area contributed by atoms with Crippen LogP contribution in [0.15, 0.2) is 40.4 Å². The highest BCUT2D eigenvalue weighted by atomic mass is 32.2. The van der Waals surface area contributed by atoms with E-state index in [1.165, 1.54) is 24.4 Å². The van der Waals surface area contributed by atoms with Gasteiger partial charge in [0.15, 0.2) is 5.16 Å². The molecule has 0 saturated carbocycles. The summed E-state index contributed by atoms with van der Waals surface area (Å²) < 4.78 is 13.8. The molecule has 1 N–H and O–H groups in total. The molecule has 1 aromatic carbocycles. The van der Waals surface area contributed by atoms with Gasteiger partial charge in [-0.05, 0) is 0 Å². The van der Waals surface area contributed by atoms with Crippen molar-refractivity contribution in [1.29, 1.82) is 0 Å². The molecule has 0 bridgehead atoms. The molecular formula is C11H8FN3O3S. The van der Waals surface area contributed by atoms with Crippen molar-refractivity contribution >= 4 is 17.4 Å². The third-order valence-electron chi connectivity index (χ3n) is 2.27. The number of nitro benzene ring substituents is 1. The molecule has 0 aliphatic carbocycles. The van der Waals surface area contributed by atoms with Gasteiger partial charge in [0.2, 0.25) is 5.82 Å². The van der Waals surface area contributed by atoms with Gasteiger partial charge in [0.05, 0.1) is 4.92 Å². The first-order chi connectivity index (χ1) is 9.08. The van der Waals surface area contributed by atoms with Crippen LogP contribution in [-0.2, 0) is 5.75 Å². The van der Waals surface area contributed by atoms with Crippen LogP contribution in [0.3, 0.4) is 0 Å². The predicted octanol–water partition coefficient (Wildman–Crippen LogP) is 2.11. The van der Waals surface area contributed by atoms with E-state index in [0.29, 0.717) is 5.16 Å². The number of hydrogen-bond acceptors (Lipinski definition) is 5. The Kier molecular flexibility index (Phi) is 3.91. The van der Waals surface area contributed by atoms with Crippen LogP contribution in [0.5, 0.6) is 0 Å². The van der Waals surface area contributed by atoms with E-state index in [1.54, 1.807) is 0 Å². The minimum absolute atomic E-state index is 0.139. The first-order valence-corrected chi connectivity index (χ1v) is 6.16. The van der Waals surface area contributed by atoms with Gasteiger partial charge in [-0.15, -0.1) is 0 Å². The third-order valence-corrected chi connectivity index (χ3v) is 3.20. The maximum atomic E-state index is 13.8. The molecule has 0 aliphatic rings. The molecule has 0 unspecified atom stereocenters. The van der Waals surface area contributed by atoms with E-state index < -0.39 is 16.4 Å². The summed E-state index contributed by atoms with van der Waals surface area (Å²) in [6.45, 7) is 0. The van der Waals surface area contributed by atoms with Gasteiger partial charge >= 0.3 is 5.69 Å². The third kappa shape index (κ3) is 3.16. The molecule has 1 heterocycles. The maximum absolute atomic E-state index is 13.8. The normalized spacial score (nSPS) is 10.4. The summed E-state index contributed by atoms with van der Waals surface area (Å²) in [6.07, 6.45) is 1.34. The van der Waals surface area contributed by atoms with E-state index >= 15 is 0 Å². The van der Waals surface area contributed by atoms with Crippen LogP contribution >= 0.6 is 11.8 Å². The van der Waals surface area contributed by atoms with Crippen LogP contribution in [0.25, 0.3) is 0 Å². The molecular weight excluding hydrogens is 273 g/mol. The van der Waals surface area contributed by atoms with Crippen molar-refractivity contribution in [2.75, 3.05) is 0 Å². The van der Waals surface area contributed by atoms with Gasteiger partial charge in [0.1, 0.15) is 0 Å². The molecule has 1 aromatic heterocycles. The number of H-pyrrole nitrogens is 1. The zero-order valence-corrected chi connectivity index (χ0v) is 10.3. The van der Waals surface area contributed by atoms with E-state index in [-0.39, 0.29) is 16.9 Å². The van der Waals surface area contributed by atoms with Crippen LogP contribution in [0.2, 0.25) is 0 Å². The van der Waals surface area contributed by atoms with E-state index in [2.05, 4.69) is 9.97 Å². The van der Waals surface area contributed by atoms with Crippen molar-refractivity contribution < 1.29 is 9.31 Å². The van der Waals surface area contributed by atoms with Crippen molar-refractivity contribution in [3.63, 3.8) is 0 Å². The molecule has 19 heavy (non-hydrogen) atoms. The Morgan fingerprint density at radius 2 is 2.21 bits per heavy atom. The Morgan fingerprint density at radius 1 is 1.42 bits per heavy atom. The van der Waals surface area contributed by atoms with Crippen LogP contribution in [0.1, 0.15) is 5.56 Å². The summed E-state index contributed by atoms with van der Waals surface area (Å²) in [5.41, 5.74) is -0.685. The van der Waals surface area contributed by atoms with E-state index in [0.717, 1.165) is 17.8 Å². The first-order valence-electron chi connectivity index (χ1n) is 5.18. The van der Waals surface area contributed by atoms with E-state index in [1.807, 2.05) is 0 Å². The minimum atomic E-state index is -0.863. The van der Waals surface area contributed by atoms with Crippen molar-refractivity contribution in [2.24, 2.45) is 0 Å². The van der Waals surface area contributed by atoms with Gasteiger partial charge in [-0.1, -0.05) is 23.9 Å². The second kappa shape index (κ2) is 5.61. The molecule has 8 heteroatoms. The molecule has 0 radical (unpaired) electrons. The lowest BCUT2D eigenvalue weighted by Crippen LogP contribution is -2.05. The van der Waals surface area contributed by atoms with Gasteiger partial charge in [0.25, 0.3) is 5.56 Å². The fourth-order valence-electron chi connectivity index (χ4n) is 1.39. The standard InChI is InChI=1S/C11H8FN3O3S/c12-10-7(2-1-3-8(10)15(17)18)6-19-11-13-5-4-9(16)14-11/h1-5H,6H2,(H,13,14,16). The van der Waals surface area contributed by atoms with Crippen molar-refractivity contribution in [3.8, 4) is 0 Å². The second-order valence-electron chi connectivity index (χ2n) is 3.54. The monoisotopic (exact) mass is 281 g/mol. The second-order valence-corrected chi connectivity index (χ2v) is 4.50. The quantitative estimate of drug-likeness (QED) is 0.401. The number of nitrogens with one attached hydrogen (secondary N) is 1. The lowest BCUT2D eigenvalue weighted by atomic mass is 10.2. The Morgan fingerprint density at radius 3 is 2.89 bits per heavy atom. The van der Waals surface area contributed by atoms with E-state index in [9.17, 15) is 19.3 Å². The topological polar surface area (TPSA) is 88.9 Å². The van der Waals surface area contributed by atoms with Crippen molar-refractivity contribution in [1.82, 2.24) is 9.97 Å². The summed E-state index contributed by atoms with van der Waals surface area (Å²) in [7, 11) is 0. The van der Waals surface area contributed by atoms with Crippen LogP contribution in [-0.4, -0.2) is 14.9 Å². The summed E-state index contributed by atoms with van der Waals surface area (Å²) in [5.74, 6) is -0.723. The molecule has 0 spiro atoms. The Balaban J connectivity index is 2.18. The number of aromatic amines is 1. The lowest BCUT2D eigenvalue weighted by molar-refractivity contribution is -0.387. The molecule has 2 rings (SSSR count). The predicted molar refractivity (Wildman–Crippen MR) is 67.5 cm³/mol. The maximum Gasteiger partial charge on any atom is 0.305 e. The zero-order chi connectivity index (χ0) is 13.8. The summed E-state index contributed by atoms with van der Waals surface area (Å²) in [4.78, 5) is 27.2. The molecule has 2 aromatic rings. The zero-order valence-electron chi connectivity index (χ0n) is 9.50. The molecule has 0 fully saturated rings. The highest BCUT2D eigenvalue weighted by Crippen LogP contribution is 2.25. The summed E-state index contributed by atoms with van der Waals surface area (Å²) in [6, 6.07) is 5.23. The molecule has 0 atom stereocenters. The minimum Gasteiger partial charge on any atom is -0.301 e. The molecule has 0 aliphatic heterocycles. The van der Waals surface area contributed by atoms with Crippen LogP contribution in [0.4, 0.5) is 10.1 Å². The van der Waals surface area contributed by atoms with Gasteiger partial charge in [-0.3, -0.25) is 14.9 Å². The van der Waals surface area contributed by atoms with Crippen molar-refractivity contribution in [3.05, 3.63) is 62.3 Å². The van der Waals surface area contributed by atoms with Gasteiger partial charge in [-0.25, -0.2) is 4.98 Å². The summed E-state index contributed by atoms with van der Waals surface area (Å²) >= 11 is 1.09. The Labute approximate surface area is 110 Å². The van der Waals surface area contributed by atoms with Crippen LogP contribution < -0.4 is 5.56 Å². The number of rotatable bonds is 4. The Bertz CT molecular complexity index is 674. The molecule has 98 valence electrons. The smallest absolute Gasteiger partial charge is 0.301 e. The molecule has 0 saturated heterocycles. The number of benzene rings is 1. The number of thioether (sulfide) groups is 1. The SMILES string of the molecule is O=c1ccnc(SCc2cccc([N+](=O)[O-])c2F)[nH]1. The molecule has 6 nitrogen and oxygen atoms in total. The summed E-state index contributed by atoms with van der Waals surface area (Å²) in [5, 5.41) is 10.9. The number of nitrogens with zero attached hydrogens (tertiary/aromatic N) is 2. The van der Waals surface area contributed by atoms with Gasteiger partial charge < -0.3 is 4.98 Å². The van der Waals surface area contributed by atoms with E-state index in [4.69, 9.17) is 0 Å². The highest BCUT2D eigenvalue weighted by molar-refractivity contribution is 7.98. The highest BCUT2D eigenvalue weighted by Gasteiger charge is 2.17. The number of halogens is 1. The average molecular weight is 281 g/mol. The number of aromatic nitrogens is 2. The largest absolute Gasteiger partial charge is 0.305 e. The van der Waals surface area contributed by atoms with Crippen LogP contribution in [0, 0.1) is 15.9 Å². The lowest BCUT2D eigenvalue weighted by Gasteiger charge is -2.02. The van der Waals surface area contributed by atoms with Gasteiger partial charge in [-0.2, -0.15) is 4.39 Å². The fourth-order valence-corrected chi connectivity index (χ4v) is 2.21. The fraction of sp³-hybridized carbons (Fsp3) is 0.0909. The Hall–Kier alpha value is -2.22. The first kappa shape index (κ1) is 13.2. The van der Waals surface area contributed by atoms with Crippen molar-refractivity contribution in [2.45, 2.75) is 10.9 Å².